The summed E-state index contributed by atoms with van der Waals surface area (Å²) in [6.07, 6.45) is 3.95. The van der Waals surface area contributed by atoms with Crippen LogP contribution in [0.25, 0.3) is 0 Å². The molecule has 0 aromatic carbocycles. The van der Waals surface area contributed by atoms with Crippen molar-refractivity contribution in [2.45, 2.75) is 19.3 Å². The molecule has 2 nitrogen and oxygen atoms in total. The molecule has 0 aliphatic heterocycles. The Bertz CT molecular complexity index is 165. The Hall–Kier alpha value is -0.0500. The summed E-state index contributed by atoms with van der Waals surface area (Å²) in [5, 5.41) is 0.734. The largest absolute Gasteiger partial charge is 0.228 e. The van der Waals surface area contributed by atoms with Crippen molar-refractivity contribution in [2.75, 3.05) is 6.26 Å². The minimum atomic E-state index is -2.75. The van der Waals surface area contributed by atoms with E-state index in [0.29, 0.717) is 0 Å². The molecule has 1 fully saturated rings. The molecule has 0 bridgehead atoms. The van der Waals surface area contributed by atoms with Gasteiger partial charge in [-0.3, -0.25) is 0 Å². The van der Waals surface area contributed by atoms with Crippen molar-refractivity contribution in [3.63, 3.8) is 0 Å². The Kier molecular flexibility index (Phi) is 1.31. The van der Waals surface area contributed by atoms with E-state index in [-0.39, 0.29) is 0 Å². The first-order valence-electron chi connectivity index (χ1n) is 2.65. The minimum absolute atomic E-state index is 0.734. The van der Waals surface area contributed by atoms with Crippen LogP contribution in [0, 0.1) is 5.25 Å². The second kappa shape index (κ2) is 1.72. The van der Waals surface area contributed by atoms with Crippen LogP contribution < -0.4 is 0 Å². The van der Waals surface area contributed by atoms with E-state index in [9.17, 15) is 8.42 Å². The highest BCUT2D eigenvalue weighted by Gasteiger charge is 2.27. The summed E-state index contributed by atoms with van der Waals surface area (Å²) < 4.78 is 21.2. The van der Waals surface area contributed by atoms with E-state index in [0.717, 1.165) is 24.5 Å². The molecule has 1 saturated carbocycles. The fourth-order valence-corrected chi connectivity index (χ4v) is 1.72. The predicted octanol–water partition coefficient (Wildman–Crippen LogP) is 0.747. The highest BCUT2D eigenvalue weighted by molar-refractivity contribution is 7.93. The van der Waals surface area contributed by atoms with Crippen LogP contribution in [0.15, 0.2) is 0 Å². The van der Waals surface area contributed by atoms with Crippen LogP contribution in [0.4, 0.5) is 0 Å². The molecule has 1 aliphatic carbocycles. The van der Waals surface area contributed by atoms with Crippen LogP contribution in [0.5, 0.6) is 0 Å². The van der Waals surface area contributed by atoms with E-state index in [1.807, 2.05) is 0 Å². The fraction of sp³-hybridized carbons (Fsp3) is 0.800. The highest BCUT2D eigenvalue weighted by Crippen LogP contribution is 2.32. The Balaban J connectivity index is 2.60. The summed E-state index contributed by atoms with van der Waals surface area (Å²) in [4.78, 5) is 0. The van der Waals surface area contributed by atoms with E-state index >= 15 is 0 Å². The van der Waals surface area contributed by atoms with Crippen molar-refractivity contribution in [3.05, 3.63) is 5.25 Å². The van der Waals surface area contributed by atoms with Crippen LogP contribution in [-0.2, 0) is 9.84 Å². The Morgan fingerprint density at radius 3 is 1.88 bits per heavy atom. The van der Waals surface area contributed by atoms with Gasteiger partial charge in [0.25, 0.3) is 0 Å². The van der Waals surface area contributed by atoms with Gasteiger partial charge in [0, 0.05) is 6.26 Å². The molecular formula is C5H9O2S. The van der Waals surface area contributed by atoms with Crippen molar-refractivity contribution in [2.24, 2.45) is 0 Å². The van der Waals surface area contributed by atoms with Gasteiger partial charge in [-0.1, -0.05) is 6.42 Å². The van der Waals surface area contributed by atoms with E-state index in [4.69, 9.17) is 0 Å². The van der Waals surface area contributed by atoms with Crippen molar-refractivity contribution >= 4 is 9.84 Å². The topological polar surface area (TPSA) is 34.1 Å². The summed E-state index contributed by atoms with van der Waals surface area (Å²) >= 11 is 0. The maximum Gasteiger partial charge on any atom is 0.154 e. The molecule has 1 aliphatic rings. The van der Waals surface area contributed by atoms with E-state index in [1.165, 1.54) is 6.26 Å². The van der Waals surface area contributed by atoms with Crippen LogP contribution in [-0.4, -0.2) is 14.7 Å². The van der Waals surface area contributed by atoms with Gasteiger partial charge in [-0.25, -0.2) is 8.42 Å². The van der Waals surface area contributed by atoms with Crippen LogP contribution >= 0.6 is 0 Å². The average Bonchev–Trinajstić information content (AvgIpc) is 1.16. The third-order valence-electron chi connectivity index (χ3n) is 1.44. The SMILES string of the molecule is CS(=O)(=O)[C]1CCC1. The van der Waals surface area contributed by atoms with Gasteiger partial charge in [0.05, 0.1) is 5.25 Å². The zero-order chi connectivity index (χ0) is 6.20. The van der Waals surface area contributed by atoms with Gasteiger partial charge in [0.15, 0.2) is 9.84 Å². The normalized spacial score (nSPS) is 22.6. The molecule has 47 valence electrons. The van der Waals surface area contributed by atoms with E-state index in [2.05, 4.69) is 0 Å². The smallest absolute Gasteiger partial charge is 0.154 e. The third-order valence-corrected chi connectivity index (χ3v) is 2.89. The molecule has 0 spiro atoms. The van der Waals surface area contributed by atoms with Gasteiger partial charge in [0.2, 0.25) is 0 Å². The van der Waals surface area contributed by atoms with Gasteiger partial charge in [0.1, 0.15) is 0 Å². The lowest BCUT2D eigenvalue weighted by Crippen LogP contribution is -2.18. The Labute approximate surface area is 49.8 Å². The van der Waals surface area contributed by atoms with Crippen molar-refractivity contribution < 1.29 is 8.42 Å². The number of hydrogen-bond acceptors (Lipinski definition) is 2. The fourth-order valence-electron chi connectivity index (χ4n) is 0.692. The summed E-state index contributed by atoms with van der Waals surface area (Å²) in [7, 11) is -2.75. The molecule has 0 aromatic heterocycles. The standard InChI is InChI=1S/C5H9O2S/c1-8(6,7)5-3-2-4-5/h2-4H2,1H3. The quantitative estimate of drug-likeness (QED) is 0.529. The predicted molar refractivity (Wildman–Crippen MR) is 31.9 cm³/mol. The molecule has 0 aromatic rings. The number of sulfone groups is 1. The maximum absolute atomic E-state index is 10.6. The molecule has 1 rings (SSSR count). The van der Waals surface area contributed by atoms with E-state index in [1.54, 1.807) is 0 Å². The van der Waals surface area contributed by atoms with Crippen LogP contribution in [0.3, 0.4) is 0 Å². The monoisotopic (exact) mass is 133 g/mol. The minimum Gasteiger partial charge on any atom is -0.228 e. The lowest BCUT2D eigenvalue weighted by Gasteiger charge is -2.21. The van der Waals surface area contributed by atoms with Gasteiger partial charge in [-0.15, -0.1) is 0 Å². The zero-order valence-electron chi connectivity index (χ0n) is 4.85. The molecule has 8 heavy (non-hydrogen) atoms. The summed E-state index contributed by atoms with van der Waals surface area (Å²) in [6.45, 7) is 0. The number of hydrogen-bond donors (Lipinski definition) is 0. The van der Waals surface area contributed by atoms with Gasteiger partial charge in [-0.05, 0) is 12.8 Å². The lowest BCUT2D eigenvalue weighted by atomic mass is 10.0. The van der Waals surface area contributed by atoms with Crippen LogP contribution in [0.1, 0.15) is 19.3 Å². The zero-order valence-corrected chi connectivity index (χ0v) is 5.66. The first-order chi connectivity index (χ1) is 3.61. The maximum atomic E-state index is 10.6. The molecule has 0 N–H and O–H groups in total. The summed E-state index contributed by atoms with van der Waals surface area (Å²) in [5.41, 5.74) is 0. The van der Waals surface area contributed by atoms with Crippen molar-refractivity contribution in [3.8, 4) is 0 Å². The summed E-state index contributed by atoms with van der Waals surface area (Å²) in [6, 6.07) is 0. The molecule has 0 amide bonds. The second-order valence-corrected chi connectivity index (χ2v) is 4.29. The first-order valence-corrected chi connectivity index (χ1v) is 4.54. The lowest BCUT2D eigenvalue weighted by molar-refractivity contribution is 0.554. The molecule has 0 atom stereocenters. The van der Waals surface area contributed by atoms with Gasteiger partial charge >= 0.3 is 0 Å². The summed E-state index contributed by atoms with van der Waals surface area (Å²) in [5.74, 6) is 0. The second-order valence-electron chi connectivity index (χ2n) is 2.16. The molecule has 3 heteroatoms. The van der Waals surface area contributed by atoms with Gasteiger partial charge in [-0.2, -0.15) is 0 Å². The Morgan fingerprint density at radius 1 is 1.38 bits per heavy atom. The first kappa shape index (κ1) is 6.08. The number of rotatable bonds is 1. The Morgan fingerprint density at radius 2 is 1.88 bits per heavy atom. The van der Waals surface area contributed by atoms with Crippen molar-refractivity contribution in [1.29, 1.82) is 0 Å². The average molecular weight is 133 g/mol. The molecule has 0 heterocycles. The van der Waals surface area contributed by atoms with Crippen molar-refractivity contribution in [1.82, 2.24) is 0 Å². The highest BCUT2D eigenvalue weighted by atomic mass is 32.2. The molecule has 0 saturated heterocycles. The van der Waals surface area contributed by atoms with Gasteiger partial charge < -0.3 is 0 Å². The van der Waals surface area contributed by atoms with E-state index < -0.39 is 9.84 Å². The molecular weight excluding hydrogens is 124 g/mol. The third kappa shape index (κ3) is 1.02. The van der Waals surface area contributed by atoms with Crippen LogP contribution in [0.2, 0.25) is 0 Å². The molecule has 1 radical (unpaired) electrons. The molecule has 0 unspecified atom stereocenters.